The van der Waals surface area contributed by atoms with Crippen LogP contribution in [0, 0.1) is 13.8 Å². The van der Waals surface area contributed by atoms with Crippen LogP contribution in [0.3, 0.4) is 0 Å². The van der Waals surface area contributed by atoms with Crippen LogP contribution in [-0.4, -0.2) is 18.6 Å². The highest BCUT2D eigenvalue weighted by Gasteiger charge is 2.29. The van der Waals surface area contributed by atoms with Gasteiger partial charge in [0.1, 0.15) is 6.61 Å². The first-order valence-electron chi connectivity index (χ1n) is 10.8. The minimum atomic E-state index is 0.0247. The van der Waals surface area contributed by atoms with Gasteiger partial charge in [0.15, 0.2) is 11.5 Å². The van der Waals surface area contributed by atoms with E-state index >= 15 is 0 Å². The second-order valence-corrected chi connectivity index (χ2v) is 8.31. The summed E-state index contributed by atoms with van der Waals surface area (Å²) >= 11 is 0. The summed E-state index contributed by atoms with van der Waals surface area (Å²) in [5.41, 5.74) is 8.68. The highest BCUT2D eigenvalue weighted by Crippen LogP contribution is 2.41. The molecule has 0 saturated heterocycles. The molecule has 1 aromatic heterocycles. The van der Waals surface area contributed by atoms with Gasteiger partial charge >= 0.3 is 0 Å². The Labute approximate surface area is 183 Å². The lowest BCUT2D eigenvalue weighted by molar-refractivity contribution is 0.278. The van der Waals surface area contributed by atoms with Crippen LogP contribution in [-0.2, 0) is 13.0 Å². The number of hydrogen-bond donors (Lipinski definition) is 2. The summed E-state index contributed by atoms with van der Waals surface area (Å²) in [5.74, 6) is 1.55. The second-order valence-electron chi connectivity index (χ2n) is 8.31. The summed E-state index contributed by atoms with van der Waals surface area (Å²) in [6.07, 6.45) is 1.01. The smallest absolute Gasteiger partial charge is 0.166 e. The highest BCUT2D eigenvalue weighted by molar-refractivity contribution is 5.88. The Hall–Kier alpha value is -3.24. The quantitative estimate of drug-likeness (QED) is 0.448. The topological polar surface area (TPSA) is 46.3 Å². The van der Waals surface area contributed by atoms with E-state index in [2.05, 4.69) is 54.5 Å². The standard InChI is InChI=1S/C27H28N2O2/c1-17-14-18(2)24-22(15-17)20-12-13-28-25(26(20)29-24)21-10-7-11-23(30-3)27(21)31-16-19-8-5-4-6-9-19/h4-11,14-15,25,28-29H,12-13,16H2,1-3H3. The Morgan fingerprint density at radius 2 is 1.84 bits per heavy atom. The van der Waals surface area contributed by atoms with Gasteiger partial charge in [-0.2, -0.15) is 0 Å². The van der Waals surface area contributed by atoms with Crippen molar-refractivity contribution < 1.29 is 9.47 Å². The molecule has 0 aliphatic carbocycles. The normalized spacial score (nSPS) is 15.6. The van der Waals surface area contributed by atoms with Crippen LogP contribution in [0.4, 0.5) is 0 Å². The molecule has 31 heavy (non-hydrogen) atoms. The summed E-state index contributed by atoms with van der Waals surface area (Å²) in [7, 11) is 1.70. The van der Waals surface area contributed by atoms with E-state index < -0.39 is 0 Å². The van der Waals surface area contributed by atoms with Crippen molar-refractivity contribution in [2.75, 3.05) is 13.7 Å². The van der Waals surface area contributed by atoms with E-state index in [4.69, 9.17) is 9.47 Å². The third kappa shape index (κ3) is 3.57. The number of benzene rings is 3. The van der Waals surface area contributed by atoms with Crippen LogP contribution in [0.1, 0.15) is 39.6 Å². The number of aromatic nitrogens is 1. The van der Waals surface area contributed by atoms with Gasteiger partial charge in [0.05, 0.1) is 13.2 Å². The SMILES string of the molecule is COc1cccc(C2NCCc3c2[nH]c2c(C)cc(C)cc32)c1OCc1ccccc1. The van der Waals surface area contributed by atoms with Gasteiger partial charge in [-0.05, 0) is 49.1 Å². The number of hydrogen-bond acceptors (Lipinski definition) is 3. The maximum Gasteiger partial charge on any atom is 0.166 e. The van der Waals surface area contributed by atoms with E-state index in [1.165, 1.54) is 33.3 Å². The Balaban J connectivity index is 1.59. The average Bonchev–Trinajstić information content (AvgIpc) is 3.17. The number of H-pyrrole nitrogens is 1. The van der Waals surface area contributed by atoms with Crippen molar-refractivity contribution in [1.29, 1.82) is 0 Å². The minimum absolute atomic E-state index is 0.0247. The summed E-state index contributed by atoms with van der Waals surface area (Å²) in [5, 5.41) is 5.05. The molecular formula is C27H28N2O2. The first kappa shape index (κ1) is 19.7. The number of aryl methyl sites for hydroxylation is 2. The first-order valence-corrected chi connectivity index (χ1v) is 10.8. The third-order valence-corrected chi connectivity index (χ3v) is 6.17. The molecule has 2 heterocycles. The van der Waals surface area contributed by atoms with Crippen molar-refractivity contribution in [3.63, 3.8) is 0 Å². The molecule has 1 aliphatic rings. The molecule has 0 radical (unpaired) electrons. The Morgan fingerprint density at radius 3 is 2.65 bits per heavy atom. The molecule has 0 bridgehead atoms. The molecule has 5 rings (SSSR count). The van der Waals surface area contributed by atoms with Gasteiger partial charge in [-0.1, -0.05) is 54.1 Å². The van der Waals surface area contributed by atoms with E-state index in [1.54, 1.807) is 7.11 Å². The zero-order chi connectivity index (χ0) is 21.4. The van der Waals surface area contributed by atoms with E-state index in [-0.39, 0.29) is 6.04 Å². The van der Waals surface area contributed by atoms with Gasteiger partial charge in [-0.3, -0.25) is 0 Å². The molecule has 0 amide bonds. The number of methoxy groups -OCH3 is 1. The van der Waals surface area contributed by atoms with Crippen LogP contribution in [0.5, 0.6) is 11.5 Å². The summed E-state index contributed by atoms with van der Waals surface area (Å²) in [6, 6.07) is 21.0. The van der Waals surface area contributed by atoms with E-state index in [9.17, 15) is 0 Å². The lowest BCUT2D eigenvalue weighted by Gasteiger charge is -2.27. The van der Waals surface area contributed by atoms with Gasteiger partial charge in [-0.25, -0.2) is 0 Å². The largest absolute Gasteiger partial charge is 0.493 e. The third-order valence-electron chi connectivity index (χ3n) is 6.17. The Bertz CT molecular complexity index is 1230. The molecule has 4 heteroatoms. The van der Waals surface area contributed by atoms with Crippen LogP contribution < -0.4 is 14.8 Å². The molecular weight excluding hydrogens is 384 g/mol. The van der Waals surface area contributed by atoms with Gasteiger partial charge < -0.3 is 19.8 Å². The van der Waals surface area contributed by atoms with Crippen LogP contribution in [0.15, 0.2) is 60.7 Å². The molecule has 2 N–H and O–H groups in total. The fourth-order valence-corrected chi connectivity index (χ4v) is 4.76. The predicted octanol–water partition coefficient (Wildman–Crippen LogP) is 5.61. The number of aromatic amines is 1. The van der Waals surface area contributed by atoms with Crippen LogP contribution >= 0.6 is 0 Å². The number of nitrogens with one attached hydrogen (secondary N) is 2. The zero-order valence-electron chi connectivity index (χ0n) is 18.3. The van der Waals surface area contributed by atoms with Gasteiger partial charge in [-0.15, -0.1) is 0 Å². The molecule has 1 aliphatic heterocycles. The molecule has 4 aromatic rings. The van der Waals surface area contributed by atoms with Crippen molar-refractivity contribution in [2.24, 2.45) is 0 Å². The number of para-hydroxylation sites is 1. The monoisotopic (exact) mass is 412 g/mol. The van der Waals surface area contributed by atoms with E-state index in [0.29, 0.717) is 6.61 Å². The van der Waals surface area contributed by atoms with Gasteiger partial charge in [0.2, 0.25) is 0 Å². The van der Waals surface area contributed by atoms with Crippen LogP contribution in [0.2, 0.25) is 0 Å². The van der Waals surface area contributed by atoms with Crippen molar-refractivity contribution in [3.8, 4) is 11.5 Å². The summed E-state index contributed by atoms with van der Waals surface area (Å²) in [4.78, 5) is 3.74. The van der Waals surface area contributed by atoms with Crippen LogP contribution in [0.25, 0.3) is 10.9 Å². The molecule has 1 atom stereocenters. The molecule has 0 spiro atoms. The summed E-state index contributed by atoms with van der Waals surface area (Å²) < 4.78 is 12.0. The van der Waals surface area contributed by atoms with E-state index in [0.717, 1.165) is 35.6 Å². The Kier molecular flexibility index (Phi) is 5.16. The minimum Gasteiger partial charge on any atom is -0.493 e. The van der Waals surface area contributed by atoms with Crippen molar-refractivity contribution in [2.45, 2.75) is 32.9 Å². The fraction of sp³-hybridized carbons (Fsp3) is 0.259. The van der Waals surface area contributed by atoms with Crippen molar-refractivity contribution in [1.82, 2.24) is 10.3 Å². The van der Waals surface area contributed by atoms with Crippen molar-refractivity contribution >= 4 is 10.9 Å². The fourth-order valence-electron chi connectivity index (χ4n) is 4.76. The number of rotatable bonds is 5. The molecule has 158 valence electrons. The average molecular weight is 413 g/mol. The first-order chi connectivity index (χ1) is 15.2. The maximum atomic E-state index is 6.35. The lowest BCUT2D eigenvalue weighted by atomic mass is 9.93. The number of ether oxygens (including phenoxy) is 2. The highest BCUT2D eigenvalue weighted by atomic mass is 16.5. The molecule has 1 unspecified atom stereocenters. The predicted molar refractivity (Wildman–Crippen MR) is 125 cm³/mol. The molecule has 0 saturated carbocycles. The van der Waals surface area contributed by atoms with Gasteiger partial charge in [0.25, 0.3) is 0 Å². The Morgan fingerprint density at radius 1 is 1.00 bits per heavy atom. The maximum absolute atomic E-state index is 6.35. The molecule has 4 nitrogen and oxygen atoms in total. The summed E-state index contributed by atoms with van der Waals surface area (Å²) in [6.45, 7) is 5.77. The van der Waals surface area contributed by atoms with Crippen molar-refractivity contribution in [3.05, 3.63) is 94.2 Å². The zero-order valence-corrected chi connectivity index (χ0v) is 18.3. The second kappa shape index (κ2) is 8.12. The number of fused-ring (bicyclic) bond motifs is 3. The van der Waals surface area contributed by atoms with Gasteiger partial charge in [0, 0.05) is 28.7 Å². The van der Waals surface area contributed by atoms with E-state index in [1.807, 2.05) is 30.3 Å². The molecule has 3 aromatic carbocycles. The lowest BCUT2D eigenvalue weighted by Crippen LogP contribution is -2.30. The molecule has 0 fully saturated rings.